The number of likely N-dealkylation sites (tertiary alicyclic amines) is 1. The molecule has 0 bridgehead atoms. The molecule has 1 unspecified atom stereocenters. The molecule has 24 heavy (non-hydrogen) atoms. The summed E-state index contributed by atoms with van der Waals surface area (Å²) in [6.07, 6.45) is 1.23. The van der Waals surface area contributed by atoms with Crippen LogP contribution in [-0.2, 0) is 6.54 Å². The highest BCUT2D eigenvalue weighted by molar-refractivity contribution is 9.10. The lowest BCUT2D eigenvalue weighted by molar-refractivity contribution is 0.167. The van der Waals surface area contributed by atoms with Crippen molar-refractivity contribution in [1.82, 2.24) is 25.3 Å². The summed E-state index contributed by atoms with van der Waals surface area (Å²) < 4.78 is 6.48. The summed E-state index contributed by atoms with van der Waals surface area (Å²) in [5.74, 6) is 1.36. The summed E-state index contributed by atoms with van der Waals surface area (Å²) in [7, 11) is 0. The topological polar surface area (TPSA) is 57.4 Å². The molecule has 7 heteroatoms. The van der Waals surface area contributed by atoms with E-state index in [-0.39, 0.29) is 0 Å². The summed E-state index contributed by atoms with van der Waals surface area (Å²) in [5.41, 5.74) is 0.972. The van der Waals surface area contributed by atoms with E-state index in [0.29, 0.717) is 17.8 Å². The van der Waals surface area contributed by atoms with Crippen molar-refractivity contribution in [2.24, 2.45) is 0 Å². The first-order chi connectivity index (χ1) is 11.8. The molecule has 0 spiro atoms. The van der Waals surface area contributed by atoms with Crippen LogP contribution in [-0.4, -0.2) is 65.3 Å². The lowest BCUT2D eigenvalue weighted by Gasteiger charge is -2.32. The fourth-order valence-corrected chi connectivity index (χ4v) is 3.96. The zero-order chi connectivity index (χ0) is 16.4. The highest BCUT2D eigenvalue weighted by Gasteiger charge is 2.29. The Kier molecular flexibility index (Phi) is 4.93. The maximum Gasteiger partial charge on any atom is 0.241 e. The summed E-state index contributed by atoms with van der Waals surface area (Å²) in [5, 5.41) is 7.55. The van der Waals surface area contributed by atoms with E-state index in [1.807, 2.05) is 24.3 Å². The fourth-order valence-electron chi connectivity index (χ4n) is 3.56. The van der Waals surface area contributed by atoms with E-state index in [9.17, 15) is 0 Å². The molecule has 4 rings (SSSR count). The van der Waals surface area contributed by atoms with E-state index < -0.39 is 0 Å². The van der Waals surface area contributed by atoms with Gasteiger partial charge in [0.25, 0.3) is 0 Å². The molecule has 1 aromatic heterocycles. The predicted octanol–water partition coefficient (Wildman–Crippen LogP) is 1.98. The van der Waals surface area contributed by atoms with Gasteiger partial charge in [-0.05, 0) is 18.6 Å². The fraction of sp³-hybridized carbons (Fsp3) is 0.529. The summed E-state index contributed by atoms with van der Waals surface area (Å²) in [6.45, 7) is 7.46. The minimum absolute atomic E-state index is 0.657. The first-order valence-electron chi connectivity index (χ1n) is 8.53. The highest BCUT2D eigenvalue weighted by Crippen LogP contribution is 2.22. The third-order valence-electron chi connectivity index (χ3n) is 4.83. The number of aromatic nitrogens is 2. The maximum atomic E-state index is 5.46. The lowest BCUT2D eigenvalue weighted by Crippen LogP contribution is -2.49. The molecule has 128 valence electrons. The van der Waals surface area contributed by atoms with Gasteiger partial charge in [0.2, 0.25) is 11.7 Å². The molecule has 3 heterocycles. The standard InChI is InChI=1S/C17H22BrN5O/c18-14-3-1-2-13(10-14)17-20-16(24-21-17)12-22-7-4-15(11-22)23-8-5-19-6-9-23/h1-3,10,15,19H,4-9,11-12H2. The molecule has 0 saturated carbocycles. The second-order valence-corrected chi connectivity index (χ2v) is 7.40. The van der Waals surface area contributed by atoms with Gasteiger partial charge in [0, 0.05) is 55.3 Å². The van der Waals surface area contributed by atoms with Crippen LogP contribution < -0.4 is 5.32 Å². The Hall–Kier alpha value is -1.28. The lowest BCUT2D eigenvalue weighted by atomic mass is 10.2. The zero-order valence-corrected chi connectivity index (χ0v) is 15.2. The number of nitrogens with one attached hydrogen (secondary N) is 1. The van der Waals surface area contributed by atoms with Gasteiger partial charge in [-0.25, -0.2) is 0 Å². The average Bonchev–Trinajstić information content (AvgIpc) is 3.26. The number of piperazine rings is 1. The van der Waals surface area contributed by atoms with E-state index in [0.717, 1.165) is 55.8 Å². The van der Waals surface area contributed by atoms with Gasteiger partial charge in [-0.3, -0.25) is 9.80 Å². The molecule has 6 nitrogen and oxygen atoms in total. The Balaban J connectivity index is 1.36. The van der Waals surface area contributed by atoms with Crippen LogP contribution in [0.5, 0.6) is 0 Å². The summed E-state index contributed by atoms with van der Waals surface area (Å²) in [4.78, 5) is 9.59. The van der Waals surface area contributed by atoms with Crippen molar-refractivity contribution in [3.8, 4) is 11.4 Å². The number of halogens is 1. The Labute approximate surface area is 150 Å². The Morgan fingerprint density at radius 3 is 2.96 bits per heavy atom. The van der Waals surface area contributed by atoms with Crippen molar-refractivity contribution in [2.45, 2.75) is 19.0 Å². The van der Waals surface area contributed by atoms with Gasteiger partial charge in [-0.15, -0.1) is 0 Å². The van der Waals surface area contributed by atoms with E-state index in [4.69, 9.17) is 4.52 Å². The van der Waals surface area contributed by atoms with Gasteiger partial charge < -0.3 is 9.84 Å². The van der Waals surface area contributed by atoms with Crippen LogP contribution in [0.4, 0.5) is 0 Å². The van der Waals surface area contributed by atoms with Crippen LogP contribution in [0, 0.1) is 0 Å². The maximum absolute atomic E-state index is 5.46. The van der Waals surface area contributed by atoms with Crippen molar-refractivity contribution >= 4 is 15.9 Å². The molecule has 2 saturated heterocycles. The smallest absolute Gasteiger partial charge is 0.241 e. The predicted molar refractivity (Wildman–Crippen MR) is 95.6 cm³/mol. The van der Waals surface area contributed by atoms with Gasteiger partial charge in [0.15, 0.2) is 0 Å². The first-order valence-corrected chi connectivity index (χ1v) is 9.33. The van der Waals surface area contributed by atoms with E-state index >= 15 is 0 Å². The van der Waals surface area contributed by atoms with Gasteiger partial charge in [-0.1, -0.05) is 33.2 Å². The average molecular weight is 392 g/mol. The van der Waals surface area contributed by atoms with Gasteiger partial charge >= 0.3 is 0 Å². The van der Waals surface area contributed by atoms with Crippen LogP contribution >= 0.6 is 15.9 Å². The SMILES string of the molecule is Brc1cccc(-c2noc(CN3CCC(N4CCNCC4)C3)n2)c1. The minimum Gasteiger partial charge on any atom is -0.338 e. The molecule has 2 aromatic rings. The van der Waals surface area contributed by atoms with Crippen LogP contribution in [0.15, 0.2) is 33.3 Å². The quantitative estimate of drug-likeness (QED) is 0.859. The van der Waals surface area contributed by atoms with Gasteiger partial charge in [0.1, 0.15) is 0 Å². The normalized spacial score (nSPS) is 23.0. The zero-order valence-electron chi connectivity index (χ0n) is 13.6. The van der Waals surface area contributed by atoms with Crippen LogP contribution in [0.1, 0.15) is 12.3 Å². The number of hydrogen-bond donors (Lipinski definition) is 1. The first kappa shape index (κ1) is 16.2. The van der Waals surface area contributed by atoms with Crippen molar-refractivity contribution in [1.29, 1.82) is 0 Å². The largest absolute Gasteiger partial charge is 0.338 e. The molecule has 0 radical (unpaired) electrons. The number of rotatable bonds is 4. The number of hydrogen-bond acceptors (Lipinski definition) is 6. The minimum atomic E-state index is 0.657. The van der Waals surface area contributed by atoms with E-state index in [1.165, 1.54) is 6.42 Å². The monoisotopic (exact) mass is 391 g/mol. The molecule has 1 atom stereocenters. The molecule has 2 aliphatic heterocycles. The van der Waals surface area contributed by atoms with Crippen molar-refractivity contribution in [2.75, 3.05) is 39.3 Å². The second-order valence-electron chi connectivity index (χ2n) is 6.49. The van der Waals surface area contributed by atoms with Gasteiger partial charge in [0.05, 0.1) is 6.54 Å². The second kappa shape index (κ2) is 7.31. The van der Waals surface area contributed by atoms with Crippen LogP contribution in [0.3, 0.4) is 0 Å². The number of nitrogens with zero attached hydrogens (tertiary/aromatic N) is 4. The molecule has 1 aromatic carbocycles. The van der Waals surface area contributed by atoms with Gasteiger partial charge in [-0.2, -0.15) is 4.98 Å². The Morgan fingerprint density at radius 1 is 1.25 bits per heavy atom. The molecule has 0 aliphatic carbocycles. The van der Waals surface area contributed by atoms with Crippen LogP contribution in [0.2, 0.25) is 0 Å². The molecule has 1 N–H and O–H groups in total. The van der Waals surface area contributed by atoms with E-state index in [2.05, 4.69) is 41.2 Å². The molecule has 2 fully saturated rings. The Bertz CT molecular complexity index is 685. The Morgan fingerprint density at radius 2 is 2.12 bits per heavy atom. The van der Waals surface area contributed by atoms with Crippen molar-refractivity contribution in [3.63, 3.8) is 0 Å². The van der Waals surface area contributed by atoms with E-state index in [1.54, 1.807) is 0 Å². The third-order valence-corrected chi connectivity index (χ3v) is 5.32. The van der Waals surface area contributed by atoms with Crippen LogP contribution in [0.25, 0.3) is 11.4 Å². The highest BCUT2D eigenvalue weighted by atomic mass is 79.9. The number of benzene rings is 1. The third kappa shape index (κ3) is 3.69. The summed E-state index contributed by atoms with van der Waals surface area (Å²) in [6, 6.07) is 8.64. The summed E-state index contributed by atoms with van der Waals surface area (Å²) >= 11 is 3.48. The van der Waals surface area contributed by atoms with Crippen molar-refractivity contribution in [3.05, 3.63) is 34.6 Å². The molecular weight excluding hydrogens is 370 g/mol. The molecule has 0 amide bonds. The van der Waals surface area contributed by atoms with Crippen molar-refractivity contribution < 1.29 is 4.52 Å². The molecule has 2 aliphatic rings. The molecular formula is C17H22BrN5O.